The van der Waals surface area contributed by atoms with Crippen molar-refractivity contribution in [3.05, 3.63) is 110 Å². The number of hydrogen-bond acceptors (Lipinski definition) is 2. The van der Waals surface area contributed by atoms with Crippen LogP contribution in [-0.2, 0) is 9.47 Å². The number of fused-ring (bicyclic) bond motifs is 7. The third kappa shape index (κ3) is 2.94. The Bertz CT molecular complexity index is 1040. The molecule has 2 nitrogen and oxygen atoms in total. The van der Waals surface area contributed by atoms with Gasteiger partial charge >= 0.3 is 0 Å². The smallest absolute Gasteiger partial charge is 0.0904 e. The molecule has 6 atom stereocenters. The van der Waals surface area contributed by atoms with Crippen LogP contribution in [0, 0.1) is 22.7 Å². The highest BCUT2D eigenvalue weighted by Gasteiger charge is 2.73. The van der Waals surface area contributed by atoms with Gasteiger partial charge in [0.15, 0.2) is 0 Å². The molecule has 33 heavy (non-hydrogen) atoms. The van der Waals surface area contributed by atoms with Crippen molar-refractivity contribution in [2.75, 3.05) is 13.2 Å². The molecule has 170 valence electrons. The van der Waals surface area contributed by atoms with Crippen LogP contribution in [0.4, 0.5) is 0 Å². The van der Waals surface area contributed by atoms with Crippen molar-refractivity contribution in [1.82, 2.24) is 0 Å². The Kier molecular flexibility index (Phi) is 5.76. The van der Waals surface area contributed by atoms with Gasteiger partial charge in [0.25, 0.3) is 0 Å². The van der Waals surface area contributed by atoms with E-state index in [0.717, 1.165) is 19.3 Å². The van der Waals surface area contributed by atoms with Crippen molar-refractivity contribution in [3.63, 3.8) is 0 Å². The highest BCUT2D eigenvalue weighted by molar-refractivity contribution is 5.84. The van der Waals surface area contributed by atoms with Gasteiger partial charge in [0.1, 0.15) is 0 Å². The second-order valence-corrected chi connectivity index (χ2v) is 9.73. The topological polar surface area (TPSA) is 18.5 Å². The number of benzene rings is 2. The first kappa shape index (κ1) is 22.1. The maximum Gasteiger partial charge on any atom is 0.0904 e. The summed E-state index contributed by atoms with van der Waals surface area (Å²) in [6.45, 7) is 17.3. The maximum atomic E-state index is 6.74. The standard InChI is InChI=1S/C31H34O2/c1-5-15-30-24-13-14-25(21-24)31(30,16-6-2)29(33-18-8-4)27-20-23-12-10-9-11-22(23)19-26(27)28(30)32-17-7-3/h5-14,19-20,24-25,28-29H,1-4,15-18,21H2/t24?,25?,28?,29?,30-,31+. The lowest BCUT2D eigenvalue weighted by Gasteiger charge is -2.61. The third-order valence-corrected chi connectivity index (χ3v) is 8.45. The van der Waals surface area contributed by atoms with Gasteiger partial charge in [-0.15, -0.1) is 26.3 Å². The Morgan fingerprint density at radius 2 is 1.18 bits per heavy atom. The van der Waals surface area contributed by atoms with Gasteiger partial charge in [-0.25, -0.2) is 0 Å². The monoisotopic (exact) mass is 438 g/mol. The first-order valence-corrected chi connectivity index (χ1v) is 12.1. The molecular weight excluding hydrogens is 404 g/mol. The molecule has 0 N–H and O–H groups in total. The third-order valence-electron chi connectivity index (χ3n) is 8.45. The van der Waals surface area contributed by atoms with Crippen LogP contribution in [0.2, 0.25) is 0 Å². The van der Waals surface area contributed by atoms with Gasteiger partial charge in [-0.2, -0.15) is 0 Å². The fourth-order valence-corrected chi connectivity index (χ4v) is 7.49. The fourth-order valence-electron chi connectivity index (χ4n) is 7.49. The van der Waals surface area contributed by atoms with Gasteiger partial charge in [-0.3, -0.25) is 0 Å². The van der Waals surface area contributed by atoms with E-state index in [1.807, 2.05) is 12.2 Å². The van der Waals surface area contributed by atoms with Crippen molar-refractivity contribution in [1.29, 1.82) is 0 Å². The summed E-state index contributed by atoms with van der Waals surface area (Å²) in [5.74, 6) is 0.814. The molecule has 2 heteroatoms. The lowest BCUT2D eigenvalue weighted by atomic mass is 9.46. The minimum absolute atomic E-state index is 0.0726. The summed E-state index contributed by atoms with van der Waals surface area (Å²) in [6, 6.07) is 13.2. The van der Waals surface area contributed by atoms with Crippen LogP contribution in [-0.4, -0.2) is 13.2 Å². The van der Waals surface area contributed by atoms with Gasteiger partial charge in [0, 0.05) is 10.8 Å². The molecule has 0 aromatic heterocycles. The second kappa shape index (κ2) is 8.59. The normalized spacial score (nSPS) is 33.5. The quantitative estimate of drug-likeness (QED) is 0.354. The first-order chi connectivity index (χ1) is 16.2. The van der Waals surface area contributed by atoms with Crippen LogP contribution in [0.25, 0.3) is 10.8 Å². The van der Waals surface area contributed by atoms with Crippen LogP contribution in [0.15, 0.2) is 99.2 Å². The maximum absolute atomic E-state index is 6.74. The molecule has 0 radical (unpaired) electrons. The molecule has 5 rings (SSSR count). The predicted molar refractivity (Wildman–Crippen MR) is 137 cm³/mol. The molecule has 4 unspecified atom stereocenters. The zero-order valence-electron chi connectivity index (χ0n) is 19.4. The summed E-state index contributed by atoms with van der Waals surface area (Å²) in [5.41, 5.74) is 2.17. The molecule has 1 saturated carbocycles. The van der Waals surface area contributed by atoms with Crippen molar-refractivity contribution in [3.8, 4) is 0 Å². The zero-order valence-corrected chi connectivity index (χ0v) is 19.4. The fraction of sp³-hybridized carbons (Fsp3) is 0.355. The predicted octanol–water partition coefficient (Wildman–Crippen LogP) is 7.67. The van der Waals surface area contributed by atoms with Crippen molar-refractivity contribution in [2.24, 2.45) is 22.7 Å². The van der Waals surface area contributed by atoms with Crippen molar-refractivity contribution < 1.29 is 9.47 Å². The molecule has 0 spiro atoms. The van der Waals surface area contributed by atoms with Crippen molar-refractivity contribution >= 4 is 10.8 Å². The Morgan fingerprint density at radius 1 is 0.727 bits per heavy atom. The summed E-state index contributed by atoms with van der Waals surface area (Å²) in [6.07, 6.45) is 15.5. The molecule has 3 aliphatic carbocycles. The Morgan fingerprint density at radius 3 is 1.58 bits per heavy atom. The number of rotatable bonds is 10. The first-order valence-electron chi connectivity index (χ1n) is 12.1. The summed E-state index contributed by atoms with van der Waals surface area (Å²) in [7, 11) is 0. The van der Waals surface area contributed by atoms with E-state index in [1.54, 1.807) is 0 Å². The average molecular weight is 439 g/mol. The molecule has 0 heterocycles. The van der Waals surface area contributed by atoms with E-state index in [9.17, 15) is 0 Å². The number of ether oxygens (including phenoxy) is 2. The van der Waals surface area contributed by atoms with Crippen LogP contribution in [0.3, 0.4) is 0 Å². The van der Waals surface area contributed by atoms with Crippen LogP contribution in [0.1, 0.15) is 42.6 Å². The highest BCUT2D eigenvalue weighted by Crippen LogP contribution is 2.78. The Hall–Kier alpha value is -2.68. The molecule has 0 saturated heterocycles. The lowest BCUT2D eigenvalue weighted by Crippen LogP contribution is -2.56. The molecule has 3 aliphatic rings. The Labute approximate surface area is 198 Å². The largest absolute Gasteiger partial charge is 0.369 e. The van der Waals surface area contributed by atoms with Crippen molar-refractivity contribution in [2.45, 2.75) is 31.5 Å². The summed E-state index contributed by atoms with van der Waals surface area (Å²) in [4.78, 5) is 0. The Balaban J connectivity index is 1.86. The molecule has 0 amide bonds. The second-order valence-electron chi connectivity index (χ2n) is 9.73. The zero-order chi connectivity index (χ0) is 23.1. The van der Waals surface area contributed by atoms with Gasteiger partial charge in [0.2, 0.25) is 0 Å². The van der Waals surface area contributed by atoms with Gasteiger partial charge < -0.3 is 9.47 Å². The van der Waals surface area contributed by atoms with Crippen LogP contribution >= 0.6 is 0 Å². The number of hydrogen-bond donors (Lipinski definition) is 0. The molecule has 2 bridgehead atoms. The summed E-state index contributed by atoms with van der Waals surface area (Å²) >= 11 is 0. The van der Waals surface area contributed by atoms with Gasteiger partial charge in [0.05, 0.1) is 25.4 Å². The minimum atomic E-state index is -0.160. The van der Waals surface area contributed by atoms with E-state index < -0.39 is 0 Å². The van der Waals surface area contributed by atoms with Gasteiger partial charge in [-0.05, 0) is 65.1 Å². The molecule has 0 aliphatic heterocycles. The van der Waals surface area contributed by atoms with Crippen LogP contribution < -0.4 is 0 Å². The molecule has 2 aromatic rings. The highest BCUT2D eigenvalue weighted by atomic mass is 16.5. The average Bonchev–Trinajstić information content (AvgIpc) is 3.41. The molecule has 1 fully saturated rings. The van der Waals surface area contributed by atoms with E-state index >= 15 is 0 Å². The molecule has 2 aromatic carbocycles. The van der Waals surface area contributed by atoms with E-state index in [0.29, 0.717) is 25.0 Å². The minimum Gasteiger partial charge on any atom is -0.369 e. The van der Waals surface area contributed by atoms with Gasteiger partial charge in [-0.1, -0.05) is 60.7 Å². The van der Waals surface area contributed by atoms with E-state index in [2.05, 4.69) is 87.0 Å². The summed E-state index contributed by atoms with van der Waals surface area (Å²) < 4.78 is 13.5. The SMILES string of the molecule is C=CCOC1c2cc3ccccc3cc2C(OCC=C)[C@@]2(CC=C)C3C=CC(C3)[C@@]12CC=C. The number of allylic oxidation sites excluding steroid dienone is 4. The van der Waals surface area contributed by atoms with E-state index in [-0.39, 0.29) is 23.0 Å². The van der Waals surface area contributed by atoms with E-state index in [1.165, 1.54) is 21.9 Å². The van der Waals surface area contributed by atoms with E-state index in [4.69, 9.17) is 9.47 Å². The van der Waals surface area contributed by atoms with Crippen LogP contribution in [0.5, 0.6) is 0 Å². The molecular formula is C31H34O2. The lowest BCUT2D eigenvalue weighted by molar-refractivity contribution is -0.190. The summed E-state index contributed by atoms with van der Waals surface area (Å²) in [5, 5.41) is 2.46.